The van der Waals surface area contributed by atoms with E-state index in [4.69, 9.17) is 0 Å². The third kappa shape index (κ3) is 5.40. The molecule has 2 heterocycles. The Morgan fingerprint density at radius 3 is 2.75 bits per heavy atom. The molecule has 0 fully saturated rings. The summed E-state index contributed by atoms with van der Waals surface area (Å²) in [7, 11) is 0. The van der Waals surface area contributed by atoms with Gasteiger partial charge in [0.2, 0.25) is 0 Å². The van der Waals surface area contributed by atoms with Crippen molar-refractivity contribution in [2.45, 2.75) is 19.4 Å². The van der Waals surface area contributed by atoms with Gasteiger partial charge in [0, 0.05) is 37.6 Å². The minimum Gasteiger partial charge on any atom is -0.396 e. The topological polar surface area (TPSA) is 87.4 Å². The summed E-state index contributed by atoms with van der Waals surface area (Å²) >= 11 is 0. The van der Waals surface area contributed by atoms with Gasteiger partial charge in [-0.2, -0.15) is 0 Å². The Morgan fingerprint density at radius 1 is 1.18 bits per heavy atom. The van der Waals surface area contributed by atoms with Gasteiger partial charge in [-0.3, -0.25) is 4.57 Å². The molecule has 0 radical (unpaired) electrons. The Balaban J connectivity index is 1.65. The van der Waals surface area contributed by atoms with E-state index < -0.39 is 0 Å². The van der Waals surface area contributed by atoms with Gasteiger partial charge in [0.1, 0.15) is 12.1 Å². The van der Waals surface area contributed by atoms with Crippen molar-refractivity contribution in [2.24, 2.45) is 4.99 Å². The van der Waals surface area contributed by atoms with E-state index in [1.807, 2.05) is 60.2 Å². The first kappa shape index (κ1) is 19.6. The number of benzene rings is 1. The lowest BCUT2D eigenvalue weighted by atomic mass is 10.0. The summed E-state index contributed by atoms with van der Waals surface area (Å²) in [5.74, 6) is 1.55. The van der Waals surface area contributed by atoms with Crippen LogP contribution in [0.1, 0.15) is 24.0 Å². The standard InChI is InChI=1S/C21H26N6O/c1-2-23-21(26-14-19(15-28)18-6-4-3-5-7-18)25-13-17-8-9-24-20(12-17)27-11-10-22-16-27/h3-12,16,19,28H,2,13-15H2,1H3,(H2,23,25,26). The van der Waals surface area contributed by atoms with Crippen molar-refractivity contribution in [3.63, 3.8) is 0 Å². The largest absolute Gasteiger partial charge is 0.396 e. The molecule has 0 aliphatic carbocycles. The molecule has 1 unspecified atom stereocenters. The lowest BCUT2D eigenvalue weighted by Crippen LogP contribution is -2.39. The van der Waals surface area contributed by atoms with Gasteiger partial charge >= 0.3 is 0 Å². The Labute approximate surface area is 165 Å². The summed E-state index contributed by atoms with van der Waals surface area (Å²) in [5, 5.41) is 16.3. The lowest BCUT2D eigenvalue weighted by molar-refractivity contribution is 0.265. The molecule has 2 aromatic heterocycles. The second kappa shape index (κ2) is 10.2. The molecule has 7 heteroatoms. The maximum absolute atomic E-state index is 9.74. The maximum Gasteiger partial charge on any atom is 0.191 e. The third-order valence-electron chi connectivity index (χ3n) is 4.35. The third-order valence-corrected chi connectivity index (χ3v) is 4.35. The van der Waals surface area contributed by atoms with Crippen LogP contribution in [0.3, 0.4) is 0 Å². The average Bonchev–Trinajstić information content (AvgIpc) is 3.28. The number of pyridine rings is 1. The number of hydrogen-bond acceptors (Lipinski definition) is 4. The van der Waals surface area contributed by atoms with Gasteiger partial charge in [0.15, 0.2) is 5.96 Å². The zero-order valence-electron chi connectivity index (χ0n) is 16.0. The van der Waals surface area contributed by atoms with Crippen LogP contribution in [0, 0.1) is 0 Å². The molecule has 146 valence electrons. The molecule has 28 heavy (non-hydrogen) atoms. The molecule has 1 atom stereocenters. The molecule has 3 rings (SSSR count). The fourth-order valence-electron chi connectivity index (χ4n) is 2.84. The molecule has 0 spiro atoms. The van der Waals surface area contributed by atoms with Crippen molar-refractivity contribution in [1.82, 2.24) is 25.2 Å². The minimum absolute atomic E-state index is 0.0128. The van der Waals surface area contributed by atoms with Crippen LogP contribution in [0.25, 0.3) is 5.82 Å². The summed E-state index contributed by atoms with van der Waals surface area (Å²) in [5.41, 5.74) is 2.16. The van der Waals surface area contributed by atoms with Crippen molar-refractivity contribution in [2.75, 3.05) is 19.7 Å². The van der Waals surface area contributed by atoms with E-state index in [0.29, 0.717) is 13.1 Å². The quantitative estimate of drug-likeness (QED) is 0.413. The van der Waals surface area contributed by atoms with Crippen molar-refractivity contribution < 1.29 is 5.11 Å². The van der Waals surface area contributed by atoms with Crippen molar-refractivity contribution in [3.8, 4) is 5.82 Å². The van der Waals surface area contributed by atoms with Gasteiger partial charge < -0.3 is 15.7 Å². The Morgan fingerprint density at radius 2 is 2.04 bits per heavy atom. The highest BCUT2D eigenvalue weighted by molar-refractivity contribution is 5.79. The number of aromatic nitrogens is 3. The summed E-state index contributed by atoms with van der Waals surface area (Å²) in [4.78, 5) is 13.1. The van der Waals surface area contributed by atoms with E-state index in [2.05, 4.69) is 25.6 Å². The van der Waals surface area contributed by atoms with Crippen molar-refractivity contribution in [3.05, 3.63) is 78.5 Å². The molecule has 7 nitrogen and oxygen atoms in total. The van der Waals surface area contributed by atoms with E-state index in [1.54, 1.807) is 18.7 Å². The zero-order valence-corrected chi connectivity index (χ0v) is 16.0. The van der Waals surface area contributed by atoms with E-state index in [0.717, 1.165) is 29.4 Å². The molecule has 0 saturated heterocycles. The van der Waals surface area contributed by atoms with Crippen molar-refractivity contribution in [1.29, 1.82) is 0 Å². The SMILES string of the molecule is CCNC(=NCc1ccnc(-n2ccnc2)c1)NCC(CO)c1ccccc1. The summed E-state index contributed by atoms with van der Waals surface area (Å²) in [6.45, 7) is 3.99. The first-order chi connectivity index (χ1) is 13.8. The number of nitrogens with one attached hydrogen (secondary N) is 2. The van der Waals surface area contributed by atoms with Gasteiger partial charge in [0.25, 0.3) is 0 Å². The van der Waals surface area contributed by atoms with Crippen LogP contribution in [0.15, 0.2) is 72.4 Å². The van der Waals surface area contributed by atoms with Crippen molar-refractivity contribution >= 4 is 5.96 Å². The monoisotopic (exact) mass is 378 g/mol. The van der Waals surface area contributed by atoms with Gasteiger partial charge in [-0.25, -0.2) is 15.0 Å². The lowest BCUT2D eigenvalue weighted by Gasteiger charge is -2.18. The number of aliphatic hydroxyl groups is 1. The van der Waals surface area contributed by atoms with Gasteiger partial charge in [-0.1, -0.05) is 30.3 Å². The molecule has 3 N–H and O–H groups in total. The Bertz CT molecular complexity index is 864. The first-order valence-electron chi connectivity index (χ1n) is 9.41. The second-order valence-electron chi connectivity index (χ2n) is 6.36. The number of guanidine groups is 1. The second-order valence-corrected chi connectivity index (χ2v) is 6.36. The normalized spacial score (nSPS) is 12.6. The van der Waals surface area contributed by atoms with Gasteiger partial charge in [-0.05, 0) is 30.2 Å². The maximum atomic E-state index is 9.74. The molecule has 0 amide bonds. The van der Waals surface area contributed by atoms with Gasteiger partial charge in [0.05, 0.1) is 13.2 Å². The van der Waals surface area contributed by atoms with Crippen LogP contribution in [0.2, 0.25) is 0 Å². The summed E-state index contributed by atoms with van der Waals surface area (Å²) < 4.78 is 1.86. The number of rotatable bonds is 8. The Hall–Kier alpha value is -3.19. The summed E-state index contributed by atoms with van der Waals surface area (Å²) in [6, 6.07) is 14.0. The fourth-order valence-corrected chi connectivity index (χ4v) is 2.84. The van der Waals surface area contributed by atoms with E-state index in [-0.39, 0.29) is 12.5 Å². The predicted octanol–water partition coefficient (Wildman–Crippen LogP) is 2.10. The van der Waals surface area contributed by atoms with Crippen LogP contribution in [-0.4, -0.2) is 45.3 Å². The van der Waals surface area contributed by atoms with E-state index in [9.17, 15) is 5.11 Å². The highest BCUT2D eigenvalue weighted by Crippen LogP contribution is 2.13. The number of imidazole rings is 1. The van der Waals surface area contributed by atoms with Gasteiger partial charge in [-0.15, -0.1) is 0 Å². The number of nitrogens with zero attached hydrogens (tertiary/aromatic N) is 4. The van der Waals surface area contributed by atoms with E-state index >= 15 is 0 Å². The molecule has 0 bridgehead atoms. The molecule has 0 aliphatic heterocycles. The van der Waals surface area contributed by atoms with Crippen LogP contribution < -0.4 is 10.6 Å². The smallest absolute Gasteiger partial charge is 0.191 e. The van der Waals surface area contributed by atoms with E-state index in [1.165, 1.54) is 0 Å². The fraction of sp³-hybridized carbons (Fsp3) is 0.286. The number of aliphatic hydroxyl groups excluding tert-OH is 1. The van der Waals surface area contributed by atoms with Crippen LogP contribution >= 0.6 is 0 Å². The van der Waals surface area contributed by atoms with Crippen LogP contribution in [0.5, 0.6) is 0 Å². The summed E-state index contributed by atoms with van der Waals surface area (Å²) in [6.07, 6.45) is 7.08. The molecule has 0 saturated carbocycles. The number of aliphatic imine (C=N–C) groups is 1. The Kier molecular flexibility index (Phi) is 7.14. The molecule has 1 aromatic carbocycles. The average molecular weight is 378 g/mol. The van der Waals surface area contributed by atoms with Crippen LogP contribution in [0.4, 0.5) is 0 Å². The molecule has 3 aromatic rings. The highest BCUT2D eigenvalue weighted by atomic mass is 16.3. The minimum atomic E-state index is 0.0128. The predicted molar refractivity (Wildman–Crippen MR) is 110 cm³/mol. The molecular weight excluding hydrogens is 352 g/mol. The first-order valence-corrected chi connectivity index (χ1v) is 9.41. The molecule has 0 aliphatic rings. The highest BCUT2D eigenvalue weighted by Gasteiger charge is 2.10. The number of hydrogen-bond donors (Lipinski definition) is 3. The zero-order chi connectivity index (χ0) is 19.6. The molecular formula is C21H26N6O. The van der Waals surface area contributed by atoms with Crippen LogP contribution in [-0.2, 0) is 6.54 Å².